The van der Waals surface area contributed by atoms with Crippen LogP contribution in [0.3, 0.4) is 0 Å². The molecule has 1 aliphatic carbocycles. The van der Waals surface area contributed by atoms with Crippen molar-refractivity contribution < 1.29 is 0 Å². The minimum atomic E-state index is 0.253. The lowest BCUT2D eigenvalue weighted by atomic mass is 9.95. The molecule has 0 fully saturated rings. The van der Waals surface area contributed by atoms with Crippen LogP contribution >= 0.6 is 0 Å². The van der Waals surface area contributed by atoms with E-state index in [0.29, 0.717) is 6.54 Å². The molecule has 1 aliphatic rings. The summed E-state index contributed by atoms with van der Waals surface area (Å²) in [6.45, 7) is 0.640. The van der Waals surface area contributed by atoms with Crippen LogP contribution in [0.2, 0.25) is 0 Å². The van der Waals surface area contributed by atoms with E-state index in [1.54, 1.807) is 0 Å². The van der Waals surface area contributed by atoms with Gasteiger partial charge in [-0.3, -0.25) is 0 Å². The average Bonchev–Trinajstić information content (AvgIpc) is 1.89. The fourth-order valence-electron chi connectivity index (χ4n) is 1.20. The SMILES string of the molecule is NCC1=CCCCC1N. The molecule has 0 aromatic rings. The summed E-state index contributed by atoms with van der Waals surface area (Å²) in [5, 5.41) is 0. The maximum atomic E-state index is 5.74. The highest BCUT2D eigenvalue weighted by molar-refractivity contribution is 5.13. The molecule has 1 unspecified atom stereocenters. The lowest BCUT2D eigenvalue weighted by Crippen LogP contribution is -2.28. The number of hydrogen-bond acceptors (Lipinski definition) is 2. The van der Waals surface area contributed by atoms with Gasteiger partial charge in [-0.2, -0.15) is 0 Å². The third kappa shape index (κ3) is 1.53. The molecule has 0 aromatic heterocycles. The molecule has 2 nitrogen and oxygen atoms in total. The summed E-state index contributed by atoms with van der Waals surface area (Å²) in [5.41, 5.74) is 12.4. The van der Waals surface area contributed by atoms with E-state index >= 15 is 0 Å². The molecule has 0 spiro atoms. The number of allylic oxidation sites excluding steroid dienone is 1. The van der Waals surface area contributed by atoms with Gasteiger partial charge in [0.1, 0.15) is 0 Å². The Balaban J connectivity index is 2.53. The van der Waals surface area contributed by atoms with Gasteiger partial charge in [0.25, 0.3) is 0 Å². The molecule has 0 aromatic carbocycles. The number of rotatable bonds is 1. The van der Waals surface area contributed by atoms with Gasteiger partial charge in [-0.05, 0) is 24.8 Å². The van der Waals surface area contributed by atoms with E-state index in [-0.39, 0.29) is 6.04 Å². The summed E-state index contributed by atoms with van der Waals surface area (Å²) in [5.74, 6) is 0. The van der Waals surface area contributed by atoms with Gasteiger partial charge in [0.15, 0.2) is 0 Å². The molecule has 4 N–H and O–H groups in total. The third-order valence-corrected chi connectivity index (χ3v) is 1.84. The van der Waals surface area contributed by atoms with Crippen LogP contribution in [0.1, 0.15) is 19.3 Å². The lowest BCUT2D eigenvalue weighted by Gasteiger charge is -2.18. The van der Waals surface area contributed by atoms with Gasteiger partial charge >= 0.3 is 0 Å². The Kier molecular flexibility index (Phi) is 2.25. The molecule has 1 atom stereocenters. The highest BCUT2D eigenvalue weighted by Crippen LogP contribution is 2.14. The molecule has 9 heavy (non-hydrogen) atoms. The predicted octanol–water partition coefficient (Wildman–Crippen LogP) is 0.383. The van der Waals surface area contributed by atoms with Crippen molar-refractivity contribution in [3.8, 4) is 0 Å². The molecule has 1 rings (SSSR count). The molecule has 2 heteroatoms. The van der Waals surface area contributed by atoms with Crippen molar-refractivity contribution in [3.63, 3.8) is 0 Å². The summed E-state index contributed by atoms with van der Waals surface area (Å²) < 4.78 is 0. The van der Waals surface area contributed by atoms with Gasteiger partial charge in [0.2, 0.25) is 0 Å². The predicted molar refractivity (Wildman–Crippen MR) is 39.0 cm³/mol. The van der Waals surface area contributed by atoms with Gasteiger partial charge in [0.05, 0.1) is 0 Å². The number of nitrogens with two attached hydrogens (primary N) is 2. The standard InChI is InChI=1S/C7H14N2/c8-5-6-3-1-2-4-7(6)9/h3,7H,1-2,4-5,8-9H2. The van der Waals surface area contributed by atoms with E-state index in [2.05, 4.69) is 6.08 Å². The van der Waals surface area contributed by atoms with Crippen LogP contribution in [0.25, 0.3) is 0 Å². The van der Waals surface area contributed by atoms with E-state index in [1.807, 2.05) is 0 Å². The molecule has 0 bridgehead atoms. The molecule has 0 saturated carbocycles. The lowest BCUT2D eigenvalue weighted by molar-refractivity contribution is 0.606. The normalized spacial score (nSPS) is 27.8. The zero-order valence-electron chi connectivity index (χ0n) is 5.64. The van der Waals surface area contributed by atoms with Crippen LogP contribution < -0.4 is 11.5 Å². The minimum absolute atomic E-state index is 0.253. The first-order valence-electron chi connectivity index (χ1n) is 3.49. The van der Waals surface area contributed by atoms with Crippen molar-refractivity contribution in [1.29, 1.82) is 0 Å². The fourth-order valence-corrected chi connectivity index (χ4v) is 1.20. The Morgan fingerprint density at radius 1 is 1.67 bits per heavy atom. The highest BCUT2D eigenvalue weighted by atomic mass is 14.7. The van der Waals surface area contributed by atoms with Crippen molar-refractivity contribution in [2.75, 3.05) is 6.54 Å². The second-order valence-corrected chi connectivity index (χ2v) is 2.52. The molecular weight excluding hydrogens is 112 g/mol. The second-order valence-electron chi connectivity index (χ2n) is 2.52. The smallest absolute Gasteiger partial charge is 0.0266 e. The minimum Gasteiger partial charge on any atom is -0.327 e. The third-order valence-electron chi connectivity index (χ3n) is 1.84. The van der Waals surface area contributed by atoms with Crippen molar-refractivity contribution in [1.82, 2.24) is 0 Å². The van der Waals surface area contributed by atoms with E-state index < -0.39 is 0 Å². The van der Waals surface area contributed by atoms with Crippen LogP contribution in [-0.4, -0.2) is 12.6 Å². The van der Waals surface area contributed by atoms with Crippen molar-refractivity contribution >= 4 is 0 Å². The Morgan fingerprint density at radius 2 is 2.44 bits per heavy atom. The maximum absolute atomic E-state index is 5.74. The van der Waals surface area contributed by atoms with Crippen LogP contribution in [0.5, 0.6) is 0 Å². The van der Waals surface area contributed by atoms with Crippen LogP contribution in [0.15, 0.2) is 11.6 Å². The Bertz CT molecular complexity index is 118. The van der Waals surface area contributed by atoms with Gasteiger partial charge in [0, 0.05) is 12.6 Å². The van der Waals surface area contributed by atoms with Gasteiger partial charge < -0.3 is 11.5 Å². The van der Waals surface area contributed by atoms with E-state index in [1.165, 1.54) is 18.4 Å². The summed E-state index contributed by atoms with van der Waals surface area (Å²) >= 11 is 0. The number of hydrogen-bond donors (Lipinski definition) is 2. The Hall–Kier alpha value is -0.340. The molecule has 0 aliphatic heterocycles. The first-order chi connectivity index (χ1) is 4.34. The Morgan fingerprint density at radius 3 is 2.89 bits per heavy atom. The largest absolute Gasteiger partial charge is 0.327 e. The van der Waals surface area contributed by atoms with Crippen molar-refractivity contribution in [3.05, 3.63) is 11.6 Å². The quantitative estimate of drug-likeness (QED) is 0.499. The average molecular weight is 126 g/mol. The molecular formula is C7H14N2. The molecule has 0 heterocycles. The highest BCUT2D eigenvalue weighted by Gasteiger charge is 2.10. The van der Waals surface area contributed by atoms with Gasteiger partial charge in [-0.25, -0.2) is 0 Å². The van der Waals surface area contributed by atoms with Crippen LogP contribution in [0.4, 0.5) is 0 Å². The second kappa shape index (κ2) is 2.99. The summed E-state index contributed by atoms with van der Waals surface area (Å²) in [7, 11) is 0. The van der Waals surface area contributed by atoms with Crippen LogP contribution in [0, 0.1) is 0 Å². The zero-order valence-corrected chi connectivity index (χ0v) is 5.64. The molecule has 52 valence electrons. The Labute approximate surface area is 55.9 Å². The van der Waals surface area contributed by atoms with E-state index in [0.717, 1.165) is 6.42 Å². The summed E-state index contributed by atoms with van der Waals surface area (Å²) in [6.07, 6.45) is 5.68. The summed E-state index contributed by atoms with van der Waals surface area (Å²) in [4.78, 5) is 0. The van der Waals surface area contributed by atoms with Gasteiger partial charge in [-0.1, -0.05) is 6.08 Å². The van der Waals surface area contributed by atoms with Gasteiger partial charge in [-0.15, -0.1) is 0 Å². The molecule has 0 radical (unpaired) electrons. The first-order valence-corrected chi connectivity index (χ1v) is 3.49. The monoisotopic (exact) mass is 126 g/mol. The fraction of sp³-hybridized carbons (Fsp3) is 0.714. The molecule has 0 amide bonds. The van der Waals surface area contributed by atoms with Crippen molar-refractivity contribution in [2.24, 2.45) is 11.5 Å². The molecule has 0 saturated heterocycles. The van der Waals surface area contributed by atoms with E-state index in [9.17, 15) is 0 Å². The van der Waals surface area contributed by atoms with E-state index in [4.69, 9.17) is 11.5 Å². The van der Waals surface area contributed by atoms with Crippen molar-refractivity contribution in [2.45, 2.75) is 25.3 Å². The first kappa shape index (κ1) is 6.78. The maximum Gasteiger partial charge on any atom is 0.0266 e. The topological polar surface area (TPSA) is 52.0 Å². The summed E-state index contributed by atoms with van der Waals surface area (Å²) in [6, 6.07) is 0.253. The zero-order chi connectivity index (χ0) is 6.69. The van der Waals surface area contributed by atoms with Crippen LogP contribution in [-0.2, 0) is 0 Å².